The molecule has 0 fully saturated rings. The van der Waals surface area contributed by atoms with Gasteiger partial charge in [-0.25, -0.2) is 4.39 Å². The lowest BCUT2D eigenvalue weighted by atomic mass is 10.1. The standard InChI is InChI=1S/C11H15FN2/c1-3-14-8(2)7-13-10-6-9(12)4-5-11(10)14/h4-6,8,13H,3,7H2,1-2H3. The molecule has 76 valence electrons. The second-order valence-corrected chi connectivity index (χ2v) is 3.68. The summed E-state index contributed by atoms with van der Waals surface area (Å²) < 4.78 is 13.0. The lowest BCUT2D eigenvalue weighted by Crippen LogP contribution is -2.41. The molecule has 2 rings (SSSR count). The van der Waals surface area contributed by atoms with E-state index in [9.17, 15) is 4.39 Å². The van der Waals surface area contributed by atoms with Gasteiger partial charge in [0, 0.05) is 19.1 Å². The minimum absolute atomic E-state index is 0.179. The van der Waals surface area contributed by atoms with E-state index < -0.39 is 0 Å². The van der Waals surface area contributed by atoms with Crippen LogP contribution >= 0.6 is 0 Å². The fourth-order valence-corrected chi connectivity index (χ4v) is 1.99. The van der Waals surface area contributed by atoms with Gasteiger partial charge in [-0.3, -0.25) is 0 Å². The van der Waals surface area contributed by atoms with Crippen LogP contribution in [0.15, 0.2) is 18.2 Å². The first kappa shape index (κ1) is 9.31. The average Bonchev–Trinajstić information content (AvgIpc) is 2.18. The predicted molar refractivity (Wildman–Crippen MR) is 57.4 cm³/mol. The fraction of sp³-hybridized carbons (Fsp3) is 0.455. The molecule has 1 aliphatic rings. The highest BCUT2D eigenvalue weighted by atomic mass is 19.1. The maximum atomic E-state index is 13.0. The van der Waals surface area contributed by atoms with Crippen LogP contribution in [0.2, 0.25) is 0 Å². The number of nitrogens with zero attached hydrogens (tertiary/aromatic N) is 1. The van der Waals surface area contributed by atoms with E-state index in [1.165, 1.54) is 6.07 Å². The minimum Gasteiger partial charge on any atom is -0.381 e. The van der Waals surface area contributed by atoms with Crippen LogP contribution in [0.5, 0.6) is 0 Å². The number of nitrogens with one attached hydrogen (secondary N) is 1. The number of halogens is 1. The molecule has 0 radical (unpaired) electrons. The SMILES string of the molecule is CCN1c2ccc(F)cc2NCC1C. The Morgan fingerprint density at radius 1 is 1.57 bits per heavy atom. The summed E-state index contributed by atoms with van der Waals surface area (Å²) in [6.45, 7) is 6.13. The zero-order chi connectivity index (χ0) is 10.1. The van der Waals surface area contributed by atoms with Gasteiger partial charge in [-0.05, 0) is 32.0 Å². The molecule has 1 N–H and O–H groups in total. The van der Waals surface area contributed by atoms with E-state index in [1.54, 1.807) is 6.07 Å². The van der Waals surface area contributed by atoms with Crippen molar-refractivity contribution in [3.63, 3.8) is 0 Å². The minimum atomic E-state index is -0.179. The summed E-state index contributed by atoms with van der Waals surface area (Å²) in [4.78, 5) is 2.28. The third kappa shape index (κ3) is 1.43. The van der Waals surface area contributed by atoms with Gasteiger partial charge in [-0.1, -0.05) is 0 Å². The second-order valence-electron chi connectivity index (χ2n) is 3.68. The van der Waals surface area contributed by atoms with Gasteiger partial charge in [-0.15, -0.1) is 0 Å². The largest absolute Gasteiger partial charge is 0.381 e. The molecule has 0 aromatic heterocycles. The van der Waals surface area contributed by atoms with Crippen molar-refractivity contribution in [1.29, 1.82) is 0 Å². The number of rotatable bonds is 1. The number of benzene rings is 1. The van der Waals surface area contributed by atoms with Gasteiger partial charge in [0.05, 0.1) is 11.4 Å². The topological polar surface area (TPSA) is 15.3 Å². The van der Waals surface area contributed by atoms with E-state index in [2.05, 4.69) is 24.1 Å². The van der Waals surface area contributed by atoms with Crippen LogP contribution in [0.4, 0.5) is 15.8 Å². The molecule has 0 saturated carbocycles. The van der Waals surface area contributed by atoms with Gasteiger partial charge < -0.3 is 10.2 Å². The molecular weight excluding hydrogens is 179 g/mol. The van der Waals surface area contributed by atoms with Crippen molar-refractivity contribution in [3.8, 4) is 0 Å². The molecule has 1 atom stereocenters. The molecule has 0 aliphatic carbocycles. The van der Waals surface area contributed by atoms with Crippen molar-refractivity contribution in [2.24, 2.45) is 0 Å². The lowest BCUT2D eigenvalue weighted by Gasteiger charge is -2.36. The summed E-state index contributed by atoms with van der Waals surface area (Å²) in [5.74, 6) is -0.179. The van der Waals surface area contributed by atoms with Crippen LogP contribution in [0.25, 0.3) is 0 Å². The molecule has 0 saturated heterocycles. The average molecular weight is 194 g/mol. The van der Waals surface area contributed by atoms with Crippen molar-refractivity contribution < 1.29 is 4.39 Å². The monoisotopic (exact) mass is 194 g/mol. The molecular formula is C11H15FN2. The third-order valence-corrected chi connectivity index (χ3v) is 2.73. The highest BCUT2D eigenvalue weighted by Crippen LogP contribution is 2.31. The van der Waals surface area contributed by atoms with Gasteiger partial charge in [-0.2, -0.15) is 0 Å². The molecule has 0 spiro atoms. The summed E-state index contributed by atoms with van der Waals surface area (Å²) in [5, 5.41) is 3.24. The van der Waals surface area contributed by atoms with E-state index in [-0.39, 0.29) is 5.82 Å². The van der Waals surface area contributed by atoms with Crippen LogP contribution < -0.4 is 10.2 Å². The molecule has 1 unspecified atom stereocenters. The van der Waals surface area contributed by atoms with Crippen LogP contribution in [0, 0.1) is 5.82 Å². The smallest absolute Gasteiger partial charge is 0.125 e. The molecule has 0 amide bonds. The van der Waals surface area contributed by atoms with Gasteiger partial charge in [0.1, 0.15) is 5.82 Å². The maximum absolute atomic E-state index is 13.0. The molecule has 1 aromatic carbocycles. The second kappa shape index (κ2) is 3.48. The van der Waals surface area contributed by atoms with Crippen molar-refractivity contribution in [2.75, 3.05) is 23.3 Å². The Hall–Kier alpha value is -1.25. The number of likely N-dealkylation sites (N-methyl/N-ethyl adjacent to an activating group) is 1. The van der Waals surface area contributed by atoms with Gasteiger partial charge in [0.2, 0.25) is 0 Å². The van der Waals surface area contributed by atoms with Gasteiger partial charge in [0.15, 0.2) is 0 Å². The van der Waals surface area contributed by atoms with Crippen LogP contribution in [0.1, 0.15) is 13.8 Å². The quantitative estimate of drug-likeness (QED) is 0.738. The third-order valence-electron chi connectivity index (χ3n) is 2.73. The summed E-state index contributed by atoms with van der Waals surface area (Å²) in [6, 6.07) is 5.39. The molecule has 3 heteroatoms. The Balaban J connectivity index is 2.41. The molecule has 1 aliphatic heterocycles. The van der Waals surface area contributed by atoms with E-state index in [0.29, 0.717) is 6.04 Å². The molecule has 2 nitrogen and oxygen atoms in total. The van der Waals surface area contributed by atoms with E-state index in [4.69, 9.17) is 0 Å². The maximum Gasteiger partial charge on any atom is 0.125 e. The molecule has 14 heavy (non-hydrogen) atoms. The lowest BCUT2D eigenvalue weighted by molar-refractivity contribution is 0.621. The summed E-state index contributed by atoms with van der Waals surface area (Å²) in [6.07, 6.45) is 0. The Bertz CT molecular complexity index is 338. The molecule has 1 aromatic rings. The first-order valence-corrected chi connectivity index (χ1v) is 5.02. The molecule has 1 heterocycles. The molecule has 0 bridgehead atoms. The van der Waals surface area contributed by atoms with E-state index in [0.717, 1.165) is 24.5 Å². The zero-order valence-corrected chi connectivity index (χ0v) is 8.55. The van der Waals surface area contributed by atoms with E-state index >= 15 is 0 Å². The Morgan fingerprint density at radius 2 is 2.36 bits per heavy atom. The first-order chi connectivity index (χ1) is 6.72. The van der Waals surface area contributed by atoms with Gasteiger partial charge in [0.25, 0.3) is 0 Å². The Morgan fingerprint density at radius 3 is 3.07 bits per heavy atom. The number of anilines is 2. The van der Waals surface area contributed by atoms with Crippen LogP contribution in [-0.2, 0) is 0 Å². The number of hydrogen-bond donors (Lipinski definition) is 1. The predicted octanol–water partition coefficient (Wildman–Crippen LogP) is 2.47. The number of hydrogen-bond acceptors (Lipinski definition) is 2. The van der Waals surface area contributed by atoms with Crippen LogP contribution in [-0.4, -0.2) is 19.1 Å². The Labute approximate surface area is 83.7 Å². The van der Waals surface area contributed by atoms with Crippen molar-refractivity contribution in [1.82, 2.24) is 0 Å². The van der Waals surface area contributed by atoms with E-state index in [1.807, 2.05) is 6.07 Å². The fourth-order valence-electron chi connectivity index (χ4n) is 1.99. The van der Waals surface area contributed by atoms with Crippen molar-refractivity contribution >= 4 is 11.4 Å². The summed E-state index contributed by atoms with van der Waals surface area (Å²) in [7, 11) is 0. The highest BCUT2D eigenvalue weighted by Gasteiger charge is 2.21. The van der Waals surface area contributed by atoms with Crippen LogP contribution in [0.3, 0.4) is 0 Å². The summed E-state index contributed by atoms with van der Waals surface area (Å²) >= 11 is 0. The Kier molecular flexibility index (Phi) is 2.32. The van der Waals surface area contributed by atoms with Crippen molar-refractivity contribution in [3.05, 3.63) is 24.0 Å². The highest BCUT2D eigenvalue weighted by molar-refractivity contribution is 5.72. The van der Waals surface area contributed by atoms with Gasteiger partial charge >= 0.3 is 0 Å². The summed E-state index contributed by atoms with van der Waals surface area (Å²) in [5.41, 5.74) is 2.01. The number of fused-ring (bicyclic) bond motifs is 1. The normalized spacial score (nSPS) is 20.2. The first-order valence-electron chi connectivity index (χ1n) is 5.02. The zero-order valence-electron chi connectivity index (χ0n) is 8.55. The van der Waals surface area contributed by atoms with Crippen molar-refractivity contribution in [2.45, 2.75) is 19.9 Å².